The Bertz CT molecular complexity index is 275. The van der Waals surface area contributed by atoms with Crippen molar-refractivity contribution in [3.05, 3.63) is 0 Å². The van der Waals surface area contributed by atoms with Crippen LogP contribution in [0.3, 0.4) is 0 Å². The Kier molecular flexibility index (Phi) is 5.99. The average Bonchev–Trinajstić information content (AvgIpc) is 2.74. The van der Waals surface area contributed by atoms with E-state index in [-0.39, 0.29) is 10.7 Å². The van der Waals surface area contributed by atoms with Gasteiger partial charge in [-0.3, -0.25) is 4.79 Å². The molecule has 1 aliphatic rings. The lowest BCUT2D eigenvalue weighted by Gasteiger charge is -2.32. The predicted molar refractivity (Wildman–Crippen MR) is 79.8 cm³/mol. The summed E-state index contributed by atoms with van der Waals surface area (Å²) >= 11 is 1.73. The normalized spacial score (nSPS) is 24.3. The van der Waals surface area contributed by atoms with Gasteiger partial charge >= 0.3 is 0 Å². The van der Waals surface area contributed by atoms with E-state index in [1.165, 1.54) is 12.8 Å². The second-order valence-corrected chi connectivity index (χ2v) is 7.88. The summed E-state index contributed by atoms with van der Waals surface area (Å²) in [5.41, 5.74) is 5.82. The van der Waals surface area contributed by atoms with Gasteiger partial charge in [0.25, 0.3) is 0 Å². The van der Waals surface area contributed by atoms with Gasteiger partial charge in [0.1, 0.15) is 0 Å². The zero-order valence-electron chi connectivity index (χ0n) is 12.2. The summed E-state index contributed by atoms with van der Waals surface area (Å²) < 4.78 is 0.151. The molecular formula is C14H28N2OS. The lowest BCUT2D eigenvalue weighted by molar-refractivity contribution is -0.131. The highest BCUT2D eigenvalue weighted by molar-refractivity contribution is 8.01. The van der Waals surface area contributed by atoms with E-state index in [0.717, 1.165) is 13.0 Å². The second-order valence-electron chi connectivity index (χ2n) is 6.07. The van der Waals surface area contributed by atoms with Gasteiger partial charge in [0, 0.05) is 17.3 Å². The summed E-state index contributed by atoms with van der Waals surface area (Å²) in [4.78, 5) is 14.4. The number of hydrogen-bond donors (Lipinski definition) is 1. The lowest BCUT2D eigenvalue weighted by atomic mass is 10.0. The maximum Gasteiger partial charge on any atom is 0.232 e. The predicted octanol–water partition coefficient (Wildman–Crippen LogP) is 2.49. The molecule has 1 fully saturated rings. The zero-order chi connectivity index (χ0) is 13.8. The molecule has 0 saturated heterocycles. The van der Waals surface area contributed by atoms with Crippen molar-refractivity contribution in [2.75, 3.05) is 18.8 Å². The third-order valence-corrected chi connectivity index (χ3v) is 4.87. The molecule has 1 rings (SSSR count). The minimum atomic E-state index is 0.151. The van der Waals surface area contributed by atoms with Crippen molar-refractivity contribution in [2.24, 2.45) is 11.7 Å². The number of thioether (sulfide) groups is 1. The SMILES string of the molecule is CCN(C(=O)CSC(C)(C)C)C1CCCC1CN. The summed E-state index contributed by atoms with van der Waals surface area (Å²) in [6, 6.07) is 0.382. The van der Waals surface area contributed by atoms with Gasteiger partial charge in [-0.1, -0.05) is 27.2 Å². The van der Waals surface area contributed by atoms with Crippen molar-refractivity contribution in [1.82, 2.24) is 4.90 Å². The first kappa shape index (κ1) is 15.8. The van der Waals surface area contributed by atoms with Crippen molar-refractivity contribution in [1.29, 1.82) is 0 Å². The highest BCUT2D eigenvalue weighted by atomic mass is 32.2. The first-order valence-corrected chi connectivity index (χ1v) is 8.01. The molecule has 0 aromatic heterocycles. The molecule has 4 heteroatoms. The molecule has 3 nitrogen and oxygen atoms in total. The van der Waals surface area contributed by atoms with Crippen molar-refractivity contribution >= 4 is 17.7 Å². The maximum absolute atomic E-state index is 12.3. The molecule has 2 unspecified atom stereocenters. The van der Waals surface area contributed by atoms with Crippen LogP contribution in [0.15, 0.2) is 0 Å². The van der Waals surface area contributed by atoms with E-state index in [1.54, 1.807) is 11.8 Å². The Hall–Kier alpha value is -0.220. The Morgan fingerprint density at radius 1 is 1.39 bits per heavy atom. The van der Waals surface area contributed by atoms with Crippen molar-refractivity contribution in [2.45, 2.75) is 57.7 Å². The molecule has 0 aliphatic heterocycles. The molecule has 0 spiro atoms. The van der Waals surface area contributed by atoms with E-state index in [9.17, 15) is 4.79 Å². The number of hydrogen-bond acceptors (Lipinski definition) is 3. The monoisotopic (exact) mass is 272 g/mol. The van der Waals surface area contributed by atoms with Crippen LogP contribution in [-0.2, 0) is 4.79 Å². The number of nitrogens with two attached hydrogens (primary N) is 1. The highest BCUT2D eigenvalue weighted by Gasteiger charge is 2.33. The molecule has 2 atom stereocenters. The Morgan fingerprint density at radius 3 is 2.56 bits per heavy atom. The molecule has 0 radical (unpaired) electrons. The molecule has 18 heavy (non-hydrogen) atoms. The lowest BCUT2D eigenvalue weighted by Crippen LogP contribution is -2.45. The van der Waals surface area contributed by atoms with Gasteiger partial charge in [-0.05, 0) is 32.2 Å². The fourth-order valence-corrected chi connectivity index (χ4v) is 3.38. The number of rotatable bonds is 5. The quantitative estimate of drug-likeness (QED) is 0.836. The topological polar surface area (TPSA) is 46.3 Å². The Labute approximate surface area is 116 Å². The van der Waals surface area contributed by atoms with Crippen LogP contribution in [0.1, 0.15) is 47.0 Å². The number of nitrogens with zero attached hydrogens (tertiary/aromatic N) is 1. The maximum atomic E-state index is 12.3. The van der Waals surface area contributed by atoms with Crippen LogP contribution >= 0.6 is 11.8 Å². The van der Waals surface area contributed by atoms with Gasteiger partial charge in [-0.2, -0.15) is 0 Å². The Balaban J connectivity index is 2.57. The Morgan fingerprint density at radius 2 is 2.06 bits per heavy atom. The molecule has 1 saturated carbocycles. The summed E-state index contributed by atoms with van der Waals surface area (Å²) in [7, 11) is 0. The first-order valence-electron chi connectivity index (χ1n) is 7.02. The zero-order valence-corrected chi connectivity index (χ0v) is 13.1. The fraction of sp³-hybridized carbons (Fsp3) is 0.929. The summed E-state index contributed by atoms with van der Waals surface area (Å²) in [5, 5.41) is 0. The van der Waals surface area contributed by atoms with Crippen molar-refractivity contribution in [3.63, 3.8) is 0 Å². The first-order chi connectivity index (χ1) is 8.39. The molecule has 0 bridgehead atoms. The van der Waals surface area contributed by atoms with Crippen LogP contribution in [-0.4, -0.2) is 40.4 Å². The van der Waals surface area contributed by atoms with Gasteiger partial charge in [0.15, 0.2) is 0 Å². The van der Waals surface area contributed by atoms with Crippen molar-refractivity contribution in [3.8, 4) is 0 Å². The molecule has 106 valence electrons. The number of carbonyl (C=O) groups is 1. The number of amides is 1. The smallest absolute Gasteiger partial charge is 0.232 e. The third-order valence-electron chi connectivity index (χ3n) is 3.61. The standard InChI is InChI=1S/C14H28N2OS/c1-5-16(12-8-6-7-11(12)9-15)13(17)10-18-14(2,3)4/h11-12H,5-10,15H2,1-4H3. The minimum Gasteiger partial charge on any atom is -0.339 e. The second kappa shape index (κ2) is 6.80. The largest absolute Gasteiger partial charge is 0.339 e. The van der Waals surface area contributed by atoms with Crippen LogP contribution < -0.4 is 5.73 Å². The van der Waals surface area contributed by atoms with Crippen molar-refractivity contribution < 1.29 is 4.79 Å². The molecule has 2 N–H and O–H groups in total. The van der Waals surface area contributed by atoms with E-state index in [0.29, 0.717) is 24.3 Å². The van der Waals surface area contributed by atoms with Crippen LogP contribution in [0.2, 0.25) is 0 Å². The van der Waals surface area contributed by atoms with Crippen LogP contribution in [0.4, 0.5) is 0 Å². The van der Waals surface area contributed by atoms with E-state index in [2.05, 4.69) is 32.6 Å². The van der Waals surface area contributed by atoms with E-state index in [1.807, 2.05) is 0 Å². The van der Waals surface area contributed by atoms with E-state index >= 15 is 0 Å². The van der Waals surface area contributed by atoms with Gasteiger partial charge in [-0.25, -0.2) is 0 Å². The van der Waals surface area contributed by atoms with Gasteiger partial charge in [0.2, 0.25) is 5.91 Å². The average molecular weight is 272 g/mol. The van der Waals surface area contributed by atoms with Crippen LogP contribution in [0.5, 0.6) is 0 Å². The number of carbonyl (C=O) groups excluding carboxylic acids is 1. The summed E-state index contributed by atoms with van der Waals surface area (Å²) in [6.45, 7) is 10.1. The van der Waals surface area contributed by atoms with E-state index in [4.69, 9.17) is 5.73 Å². The van der Waals surface area contributed by atoms with Gasteiger partial charge < -0.3 is 10.6 Å². The van der Waals surface area contributed by atoms with E-state index < -0.39 is 0 Å². The molecule has 1 amide bonds. The fourth-order valence-electron chi connectivity index (χ4n) is 2.66. The summed E-state index contributed by atoms with van der Waals surface area (Å²) in [6.07, 6.45) is 3.52. The molecular weight excluding hydrogens is 244 g/mol. The van der Waals surface area contributed by atoms with Gasteiger partial charge in [-0.15, -0.1) is 11.8 Å². The third kappa shape index (κ3) is 4.47. The highest BCUT2D eigenvalue weighted by Crippen LogP contribution is 2.30. The minimum absolute atomic E-state index is 0.151. The van der Waals surface area contributed by atoms with Gasteiger partial charge in [0.05, 0.1) is 5.75 Å². The molecule has 0 aromatic carbocycles. The summed E-state index contributed by atoms with van der Waals surface area (Å²) in [5.74, 6) is 1.38. The van der Waals surface area contributed by atoms with Crippen LogP contribution in [0, 0.1) is 5.92 Å². The van der Waals surface area contributed by atoms with Crippen LogP contribution in [0.25, 0.3) is 0 Å². The molecule has 1 aliphatic carbocycles. The molecule has 0 heterocycles. The molecule has 0 aromatic rings.